The van der Waals surface area contributed by atoms with Crippen molar-refractivity contribution in [3.8, 4) is 0 Å². The lowest BCUT2D eigenvalue weighted by atomic mass is 9.91. The molecule has 1 aliphatic heterocycles. The zero-order valence-electron chi connectivity index (χ0n) is 47.3. The Hall–Kier alpha value is -4.61. The monoisotopic (exact) mass is 1030 g/mol. The van der Waals surface area contributed by atoms with Gasteiger partial charge in [-0.2, -0.15) is 0 Å². The van der Waals surface area contributed by atoms with Crippen molar-refractivity contribution in [1.29, 1.82) is 0 Å². The fraction of sp³-hybridized carbons (Fsp3) is 0.672. The summed E-state index contributed by atoms with van der Waals surface area (Å²) in [6, 6.07) is 21.0. The maximum atomic E-state index is 15.1. The summed E-state index contributed by atoms with van der Waals surface area (Å²) < 4.78 is 12.8. The first kappa shape index (κ1) is 61.2. The van der Waals surface area contributed by atoms with Crippen molar-refractivity contribution in [2.75, 3.05) is 26.2 Å². The number of rotatable bonds is 37. The Labute approximate surface area is 453 Å². The number of benzene rings is 2. The largest absolute Gasteiger partial charge is 0.461 e. The van der Waals surface area contributed by atoms with Crippen LogP contribution in [0.5, 0.6) is 0 Å². The average Bonchev–Trinajstić information content (AvgIpc) is 3.73. The molecule has 2 unspecified atom stereocenters. The Balaban J connectivity index is 1.29. The number of hydrogen-bond donors (Lipinski definition) is 2. The lowest BCUT2D eigenvalue weighted by Gasteiger charge is -2.42. The number of unbranched alkanes of at least 4 members (excludes halogenated alkanes) is 20. The van der Waals surface area contributed by atoms with Crippen LogP contribution in [0.1, 0.15) is 223 Å². The van der Waals surface area contributed by atoms with E-state index in [-0.39, 0.29) is 30.2 Å². The van der Waals surface area contributed by atoms with Gasteiger partial charge in [0.05, 0.1) is 6.04 Å². The second-order valence-electron chi connectivity index (χ2n) is 23.1. The summed E-state index contributed by atoms with van der Waals surface area (Å²) in [5, 5.41) is 6.64. The van der Waals surface area contributed by atoms with E-state index < -0.39 is 35.7 Å². The Bertz CT molecular complexity index is 2060. The van der Waals surface area contributed by atoms with Gasteiger partial charge in [-0.15, -0.1) is 0 Å². The van der Waals surface area contributed by atoms with Gasteiger partial charge in [-0.05, 0) is 74.8 Å². The minimum atomic E-state index is -0.672. The van der Waals surface area contributed by atoms with Gasteiger partial charge in [-0.1, -0.05) is 203 Å². The number of nitrogens with zero attached hydrogens (tertiary/aromatic N) is 3. The minimum absolute atomic E-state index is 0.0769. The number of pyridine rings is 1. The molecule has 0 radical (unpaired) electrons. The van der Waals surface area contributed by atoms with E-state index in [4.69, 9.17) is 9.47 Å². The highest BCUT2D eigenvalue weighted by atomic mass is 16.5. The molecule has 0 bridgehead atoms. The molecule has 1 aliphatic carbocycles. The van der Waals surface area contributed by atoms with Gasteiger partial charge in [-0.3, -0.25) is 34.0 Å². The third-order valence-corrected chi connectivity index (χ3v) is 15.2. The first-order chi connectivity index (χ1) is 36.4. The standard InChI is InChI=1S/C64H99N5O6/c1-6-8-10-12-14-16-18-20-22-24-29-39-59(70)74-55(49-69-43-42-68(48-52-36-33-41-65-47-52)50-57(69)63(73)67-64(3,4)5)45-54(44-51-34-27-26-28-35-51)62(72)66-61-56-38-32-31-37-53(56)46-58(61)75-60(71)40-30-25-23-21-19-17-15-13-11-9-7-2/h26-28,31-38,41,47,54-55,57-58,61H,6-25,29-30,39-40,42-46,48-50H2,1-5H3,(H,66,72)(H,67,73)/t54?,55?,57-,58+,61-/m0/s1. The molecule has 0 saturated carbocycles. The molecule has 75 heavy (non-hydrogen) atoms. The Morgan fingerprint density at radius 3 is 1.81 bits per heavy atom. The summed E-state index contributed by atoms with van der Waals surface area (Å²) in [5.74, 6) is -1.34. The SMILES string of the molecule is CCCCCCCCCCCCCC(=O)OC(CC(Cc1ccccc1)C(=O)N[C@H]1c2ccccc2C[C@H]1OC(=O)CCCCCCCCCCCCC)CN1CCN(Cc2cccnc2)C[C@H]1C(=O)NC(C)(C)C. The molecule has 416 valence electrons. The number of fused-ring (bicyclic) bond motifs is 1. The van der Waals surface area contributed by atoms with Crippen LogP contribution in [0.3, 0.4) is 0 Å². The molecule has 2 N–H and O–H groups in total. The van der Waals surface area contributed by atoms with Crippen molar-refractivity contribution in [3.63, 3.8) is 0 Å². The van der Waals surface area contributed by atoms with E-state index in [0.717, 1.165) is 60.8 Å². The van der Waals surface area contributed by atoms with Crippen LogP contribution in [0.25, 0.3) is 0 Å². The van der Waals surface area contributed by atoms with Crippen LogP contribution in [-0.2, 0) is 48.0 Å². The number of carbonyl (C=O) groups is 4. The summed E-state index contributed by atoms with van der Waals surface area (Å²) in [6.45, 7) is 13.2. The Morgan fingerprint density at radius 1 is 0.667 bits per heavy atom. The molecule has 2 amide bonds. The first-order valence-corrected chi connectivity index (χ1v) is 29.9. The third kappa shape index (κ3) is 24.1. The van der Waals surface area contributed by atoms with Crippen LogP contribution in [0.4, 0.5) is 0 Å². The van der Waals surface area contributed by atoms with Gasteiger partial charge in [0.2, 0.25) is 11.8 Å². The number of amides is 2. The predicted molar refractivity (Wildman–Crippen MR) is 304 cm³/mol. The highest BCUT2D eigenvalue weighted by Crippen LogP contribution is 2.35. The molecule has 2 aromatic carbocycles. The molecule has 1 aromatic heterocycles. The molecule has 1 fully saturated rings. The summed E-state index contributed by atoms with van der Waals surface area (Å²) in [6.07, 6.45) is 30.6. The van der Waals surface area contributed by atoms with Crippen molar-refractivity contribution in [3.05, 3.63) is 101 Å². The quantitative estimate of drug-likeness (QED) is 0.0428. The maximum absolute atomic E-state index is 15.1. The van der Waals surface area contributed by atoms with Gasteiger partial charge in [0.1, 0.15) is 18.2 Å². The number of ether oxygens (including phenoxy) is 2. The topological polar surface area (TPSA) is 130 Å². The minimum Gasteiger partial charge on any atom is -0.461 e. The highest BCUT2D eigenvalue weighted by Gasteiger charge is 2.40. The van der Waals surface area contributed by atoms with E-state index in [2.05, 4.69) is 51.4 Å². The van der Waals surface area contributed by atoms with Gasteiger partial charge >= 0.3 is 11.9 Å². The zero-order chi connectivity index (χ0) is 53.5. The fourth-order valence-corrected chi connectivity index (χ4v) is 11.1. The second-order valence-corrected chi connectivity index (χ2v) is 23.1. The number of piperazine rings is 1. The van der Waals surface area contributed by atoms with Crippen LogP contribution in [-0.4, -0.2) is 88.5 Å². The van der Waals surface area contributed by atoms with Crippen molar-refractivity contribution in [2.45, 2.75) is 244 Å². The maximum Gasteiger partial charge on any atom is 0.306 e. The number of esters is 2. The van der Waals surface area contributed by atoms with Crippen LogP contribution in [0.15, 0.2) is 79.1 Å². The average molecular weight is 1030 g/mol. The van der Waals surface area contributed by atoms with Gasteiger partial charge in [0, 0.05) is 75.8 Å². The van der Waals surface area contributed by atoms with E-state index >= 15 is 4.79 Å². The van der Waals surface area contributed by atoms with Crippen LogP contribution < -0.4 is 10.6 Å². The number of hydrogen-bond acceptors (Lipinski definition) is 9. The van der Waals surface area contributed by atoms with Crippen molar-refractivity contribution < 1.29 is 28.7 Å². The molecule has 5 atom stereocenters. The molecule has 3 aromatic rings. The number of aromatic nitrogens is 1. The lowest BCUT2D eigenvalue weighted by Crippen LogP contribution is -2.62. The second kappa shape index (κ2) is 34.9. The fourth-order valence-electron chi connectivity index (χ4n) is 11.1. The molecule has 2 heterocycles. The molecule has 11 heteroatoms. The number of nitrogens with one attached hydrogen (secondary N) is 2. The molecule has 2 aliphatic rings. The molecular formula is C64H99N5O6. The lowest BCUT2D eigenvalue weighted by molar-refractivity contribution is -0.153. The predicted octanol–water partition coefficient (Wildman–Crippen LogP) is 13.4. The van der Waals surface area contributed by atoms with Crippen molar-refractivity contribution in [1.82, 2.24) is 25.4 Å². The van der Waals surface area contributed by atoms with Crippen LogP contribution >= 0.6 is 0 Å². The molecule has 1 saturated heterocycles. The molecular weight excluding hydrogens is 935 g/mol. The van der Waals surface area contributed by atoms with E-state index in [1.165, 1.54) is 103 Å². The summed E-state index contributed by atoms with van der Waals surface area (Å²) in [7, 11) is 0. The van der Waals surface area contributed by atoms with Crippen LogP contribution in [0, 0.1) is 5.92 Å². The van der Waals surface area contributed by atoms with Crippen LogP contribution in [0.2, 0.25) is 0 Å². The van der Waals surface area contributed by atoms with Gasteiger partial charge in [0.25, 0.3) is 0 Å². The molecule has 11 nitrogen and oxygen atoms in total. The van der Waals surface area contributed by atoms with E-state index in [1.807, 2.05) is 81.6 Å². The number of carbonyl (C=O) groups excluding carboxylic acids is 4. The van der Waals surface area contributed by atoms with E-state index in [0.29, 0.717) is 58.4 Å². The van der Waals surface area contributed by atoms with Gasteiger partial charge in [-0.25, -0.2) is 0 Å². The van der Waals surface area contributed by atoms with E-state index in [9.17, 15) is 14.4 Å². The highest BCUT2D eigenvalue weighted by molar-refractivity contribution is 5.83. The Morgan fingerprint density at radius 2 is 1.23 bits per heavy atom. The van der Waals surface area contributed by atoms with E-state index in [1.54, 1.807) is 6.20 Å². The third-order valence-electron chi connectivity index (χ3n) is 15.2. The summed E-state index contributed by atoms with van der Waals surface area (Å²) in [5.41, 5.74) is 3.65. The van der Waals surface area contributed by atoms with Gasteiger partial charge < -0.3 is 20.1 Å². The smallest absolute Gasteiger partial charge is 0.306 e. The summed E-state index contributed by atoms with van der Waals surface area (Å²) in [4.78, 5) is 65.6. The Kier molecular flexibility index (Phi) is 28.5. The van der Waals surface area contributed by atoms with Crippen molar-refractivity contribution >= 4 is 23.8 Å². The normalized spacial score (nSPS) is 17.7. The summed E-state index contributed by atoms with van der Waals surface area (Å²) >= 11 is 0. The van der Waals surface area contributed by atoms with Crippen molar-refractivity contribution in [2.24, 2.45) is 5.92 Å². The molecule has 5 rings (SSSR count). The zero-order valence-corrected chi connectivity index (χ0v) is 47.3. The molecule has 0 spiro atoms. The first-order valence-electron chi connectivity index (χ1n) is 29.9. The van der Waals surface area contributed by atoms with Gasteiger partial charge in [0.15, 0.2) is 0 Å².